The molecule has 0 spiro atoms. The van der Waals surface area contributed by atoms with Gasteiger partial charge in [-0.3, -0.25) is 4.79 Å². The Kier molecular flexibility index (Phi) is 4.37. The van der Waals surface area contributed by atoms with E-state index in [9.17, 15) is 9.59 Å². The molecule has 0 aliphatic heterocycles. The van der Waals surface area contributed by atoms with Crippen LogP contribution in [0.25, 0.3) is 11.1 Å². The molecule has 2 aliphatic rings. The lowest BCUT2D eigenvalue weighted by Crippen LogP contribution is -2.39. The third kappa shape index (κ3) is 3.05. The highest BCUT2D eigenvalue weighted by Gasteiger charge is 2.34. The molecule has 0 heterocycles. The predicted octanol–water partition coefficient (Wildman–Crippen LogP) is 3.64. The number of amides is 1. The number of alkyl carbamates (subject to hydrolysis) is 1. The standard InChI is InChI=1S/C21H21NO4/c23-20(24)14-9-13(10-14)11-22-21(25)26-12-19-17-7-3-1-5-15(17)16-6-2-4-8-18(16)19/h1-8,13-14,19H,9-12H2,(H,22,25)(H,23,24)/t13-,14+. The van der Waals surface area contributed by atoms with Gasteiger partial charge in [0.05, 0.1) is 5.92 Å². The Morgan fingerprint density at radius 3 is 2.15 bits per heavy atom. The van der Waals surface area contributed by atoms with Crippen LogP contribution in [0.2, 0.25) is 0 Å². The van der Waals surface area contributed by atoms with E-state index >= 15 is 0 Å². The third-order valence-electron chi connectivity index (χ3n) is 5.46. The van der Waals surface area contributed by atoms with Crippen molar-refractivity contribution in [3.8, 4) is 11.1 Å². The molecule has 1 saturated carbocycles. The molecule has 0 saturated heterocycles. The van der Waals surface area contributed by atoms with E-state index in [2.05, 4.69) is 29.6 Å². The molecule has 0 atom stereocenters. The fourth-order valence-electron chi connectivity index (χ4n) is 3.98. The molecule has 1 amide bonds. The van der Waals surface area contributed by atoms with Crippen molar-refractivity contribution in [2.24, 2.45) is 11.8 Å². The minimum atomic E-state index is -0.748. The van der Waals surface area contributed by atoms with Crippen molar-refractivity contribution in [2.75, 3.05) is 13.2 Å². The summed E-state index contributed by atoms with van der Waals surface area (Å²) in [6, 6.07) is 16.4. The second-order valence-corrected chi connectivity index (χ2v) is 7.08. The van der Waals surface area contributed by atoms with Gasteiger partial charge in [0, 0.05) is 12.5 Å². The summed E-state index contributed by atoms with van der Waals surface area (Å²) in [5, 5.41) is 11.6. The molecule has 5 nitrogen and oxygen atoms in total. The highest BCUT2D eigenvalue weighted by molar-refractivity contribution is 5.79. The number of carbonyl (C=O) groups is 2. The molecule has 0 aromatic heterocycles. The van der Waals surface area contributed by atoms with Gasteiger partial charge in [-0.1, -0.05) is 48.5 Å². The van der Waals surface area contributed by atoms with E-state index in [-0.39, 0.29) is 17.8 Å². The molecule has 134 valence electrons. The van der Waals surface area contributed by atoms with E-state index in [1.54, 1.807) is 0 Å². The van der Waals surface area contributed by atoms with Gasteiger partial charge in [0.1, 0.15) is 6.61 Å². The number of hydrogen-bond donors (Lipinski definition) is 2. The Morgan fingerprint density at radius 2 is 1.58 bits per heavy atom. The molecule has 2 N–H and O–H groups in total. The summed E-state index contributed by atoms with van der Waals surface area (Å²) in [5.74, 6) is -0.725. The normalized spacial score (nSPS) is 20.6. The van der Waals surface area contributed by atoms with Crippen LogP contribution >= 0.6 is 0 Å². The minimum Gasteiger partial charge on any atom is -0.481 e. The molecule has 2 aliphatic carbocycles. The van der Waals surface area contributed by atoms with Crippen LogP contribution in [0.15, 0.2) is 48.5 Å². The average molecular weight is 351 g/mol. The Balaban J connectivity index is 1.33. The molecular weight excluding hydrogens is 330 g/mol. The Hall–Kier alpha value is -2.82. The molecule has 0 unspecified atom stereocenters. The Morgan fingerprint density at radius 1 is 1.00 bits per heavy atom. The summed E-state index contributed by atoms with van der Waals surface area (Å²) in [4.78, 5) is 22.8. The van der Waals surface area contributed by atoms with Crippen molar-refractivity contribution in [2.45, 2.75) is 18.8 Å². The number of hydrogen-bond acceptors (Lipinski definition) is 3. The third-order valence-corrected chi connectivity index (χ3v) is 5.46. The average Bonchev–Trinajstić information content (AvgIpc) is 2.92. The lowest BCUT2D eigenvalue weighted by Gasteiger charge is -2.32. The maximum Gasteiger partial charge on any atom is 0.407 e. The SMILES string of the molecule is O=C(NC[C@H]1C[C@@H](C(=O)O)C1)OCC1c2ccccc2-c2ccccc21. The van der Waals surface area contributed by atoms with E-state index in [1.807, 2.05) is 24.3 Å². The van der Waals surface area contributed by atoms with Crippen LogP contribution in [0.3, 0.4) is 0 Å². The number of nitrogens with one attached hydrogen (secondary N) is 1. The second-order valence-electron chi connectivity index (χ2n) is 7.08. The first-order valence-electron chi connectivity index (χ1n) is 8.95. The largest absolute Gasteiger partial charge is 0.481 e. The number of benzene rings is 2. The van der Waals surface area contributed by atoms with Crippen LogP contribution in [0.5, 0.6) is 0 Å². The zero-order valence-electron chi connectivity index (χ0n) is 14.4. The number of ether oxygens (including phenoxy) is 1. The summed E-state index contributed by atoms with van der Waals surface area (Å²) >= 11 is 0. The summed E-state index contributed by atoms with van der Waals surface area (Å²) in [6.45, 7) is 0.767. The van der Waals surface area contributed by atoms with Gasteiger partial charge in [0.2, 0.25) is 0 Å². The van der Waals surface area contributed by atoms with Crippen LogP contribution < -0.4 is 5.32 Å². The van der Waals surface area contributed by atoms with Gasteiger partial charge in [-0.25, -0.2) is 4.79 Å². The van der Waals surface area contributed by atoms with E-state index in [4.69, 9.17) is 9.84 Å². The maximum atomic E-state index is 12.0. The first-order valence-corrected chi connectivity index (χ1v) is 8.95. The number of fused-ring (bicyclic) bond motifs is 3. The van der Waals surface area contributed by atoms with Crippen LogP contribution in [0.1, 0.15) is 29.9 Å². The van der Waals surface area contributed by atoms with Crippen molar-refractivity contribution >= 4 is 12.1 Å². The summed E-state index contributed by atoms with van der Waals surface area (Å²) in [7, 11) is 0. The second kappa shape index (κ2) is 6.83. The van der Waals surface area contributed by atoms with Gasteiger partial charge < -0.3 is 15.2 Å². The zero-order chi connectivity index (χ0) is 18.1. The minimum absolute atomic E-state index is 0.0493. The topological polar surface area (TPSA) is 75.6 Å². The van der Waals surface area contributed by atoms with Crippen molar-refractivity contribution in [1.82, 2.24) is 5.32 Å². The summed E-state index contributed by atoms with van der Waals surface area (Å²) < 4.78 is 5.47. The molecule has 0 radical (unpaired) electrons. The van der Waals surface area contributed by atoms with Crippen molar-refractivity contribution in [3.05, 3.63) is 59.7 Å². The first-order chi connectivity index (χ1) is 12.6. The number of aliphatic carboxylic acids is 1. The Labute approximate surface area is 152 Å². The maximum absolute atomic E-state index is 12.0. The summed E-state index contributed by atoms with van der Waals surface area (Å²) in [5.41, 5.74) is 4.77. The first kappa shape index (κ1) is 16.6. The fourth-order valence-corrected chi connectivity index (χ4v) is 3.98. The summed E-state index contributed by atoms with van der Waals surface area (Å²) in [6.07, 6.45) is 0.809. The molecule has 4 rings (SSSR count). The van der Waals surface area contributed by atoms with Gasteiger partial charge in [-0.15, -0.1) is 0 Å². The lowest BCUT2D eigenvalue weighted by atomic mass is 9.75. The van der Waals surface area contributed by atoms with Crippen LogP contribution in [-0.4, -0.2) is 30.3 Å². The van der Waals surface area contributed by atoms with Gasteiger partial charge in [-0.05, 0) is 41.0 Å². The highest BCUT2D eigenvalue weighted by Crippen LogP contribution is 2.44. The van der Waals surface area contributed by atoms with E-state index in [0.29, 0.717) is 26.0 Å². The van der Waals surface area contributed by atoms with Gasteiger partial charge >= 0.3 is 12.1 Å². The van der Waals surface area contributed by atoms with Crippen molar-refractivity contribution in [1.29, 1.82) is 0 Å². The molecule has 2 aromatic carbocycles. The Bertz CT molecular complexity index is 796. The van der Waals surface area contributed by atoms with Crippen molar-refractivity contribution < 1.29 is 19.4 Å². The molecule has 0 bridgehead atoms. The number of carbonyl (C=O) groups excluding carboxylic acids is 1. The quantitative estimate of drug-likeness (QED) is 0.862. The van der Waals surface area contributed by atoms with Crippen LogP contribution in [0, 0.1) is 11.8 Å². The highest BCUT2D eigenvalue weighted by atomic mass is 16.5. The smallest absolute Gasteiger partial charge is 0.407 e. The molecule has 2 aromatic rings. The zero-order valence-corrected chi connectivity index (χ0v) is 14.4. The number of rotatable bonds is 5. The predicted molar refractivity (Wildman–Crippen MR) is 96.9 cm³/mol. The van der Waals surface area contributed by atoms with Crippen molar-refractivity contribution in [3.63, 3.8) is 0 Å². The molecular formula is C21H21NO4. The van der Waals surface area contributed by atoms with Crippen LogP contribution in [0.4, 0.5) is 4.79 Å². The number of carboxylic acid groups (broad SMARTS) is 1. The monoisotopic (exact) mass is 351 g/mol. The number of carboxylic acids is 1. The molecule has 1 fully saturated rings. The van der Waals surface area contributed by atoms with E-state index in [0.717, 1.165) is 0 Å². The van der Waals surface area contributed by atoms with Gasteiger partial charge in [0.25, 0.3) is 0 Å². The molecule has 5 heteroatoms. The van der Waals surface area contributed by atoms with E-state index in [1.165, 1.54) is 22.3 Å². The van der Waals surface area contributed by atoms with Crippen LogP contribution in [-0.2, 0) is 9.53 Å². The van der Waals surface area contributed by atoms with Gasteiger partial charge in [-0.2, -0.15) is 0 Å². The van der Waals surface area contributed by atoms with Gasteiger partial charge in [0.15, 0.2) is 0 Å². The lowest BCUT2D eigenvalue weighted by molar-refractivity contribution is -0.146. The van der Waals surface area contributed by atoms with E-state index < -0.39 is 12.1 Å². The fraction of sp³-hybridized carbons (Fsp3) is 0.333. The molecule has 26 heavy (non-hydrogen) atoms.